The molecule has 1 aromatic carbocycles. The number of pyridine rings is 2. The third-order valence-electron chi connectivity index (χ3n) is 3.39. The lowest BCUT2D eigenvalue weighted by Crippen LogP contribution is -1.97. The van der Waals surface area contributed by atoms with Crippen molar-refractivity contribution in [2.75, 3.05) is 5.32 Å². The van der Waals surface area contributed by atoms with Crippen LogP contribution in [0.1, 0.15) is 5.56 Å². The summed E-state index contributed by atoms with van der Waals surface area (Å²) in [6.45, 7) is 0. The van der Waals surface area contributed by atoms with Crippen LogP contribution in [-0.4, -0.2) is 15.0 Å². The molecule has 0 aliphatic rings. The van der Waals surface area contributed by atoms with Crippen molar-refractivity contribution in [1.29, 1.82) is 5.26 Å². The topological polar surface area (TPSA) is 83.7 Å². The number of rotatable bonds is 4. The first kappa shape index (κ1) is 15.1. The minimum Gasteiger partial charge on any atom is -0.452 e. The van der Waals surface area contributed by atoms with E-state index in [4.69, 9.17) is 4.74 Å². The Hall–Kier alpha value is -3.50. The fraction of sp³-hybridized carbons (Fsp3) is 0. The standard InChI is InChI=1S/C18H11N5OS/c19-11-12-5-1-2-7-14(12)24-15-8-4-9-20-16(15)23-18-22-13-6-3-10-21-17(13)25-18/h1-10H,(H,20,22,23). The lowest BCUT2D eigenvalue weighted by Gasteiger charge is -2.11. The molecule has 0 aliphatic carbocycles. The van der Waals surface area contributed by atoms with Gasteiger partial charge in [-0.25, -0.2) is 15.0 Å². The highest BCUT2D eigenvalue weighted by molar-refractivity contribution is 7.21. The van der Waals surface area contributed by atoms with E-state index >= 15 is 0 Å². The summed E-state index contributed by atoms with van der Waals surface area (Å²) in [7, 11) is 0. The number of anilines is 2. The van der Waals surface area contributed by atoms with Gasteiger partial charge < -0.3 is 10.1 Å². The summed E-state index contributed by atoms with van der Waals surface area (Å²) in [6, 6.07) is 16.5. The molecule has 4 rings (SSSR count). The van der Waals surface area contributed by atoms with Crippen LogP contribution in [0.3, 0.4) is 0 Å². The zero-order valence-corrected chi connectivity index (χ0v) is 13.7. The highest BCUT2D eigenvalue weighted by atomic mass is 32.1. The molecule has 0 saturated carbocycles. The molecule has 3 aromatic heterocycles. The van der Waals surface area contributed by atoms with Crippen LogP contribution in [0.15, 0.2) is 60.9 Å². The minimum atomic E-state index is 0.460. The number of nitrogens with one attached hydrogen (secondary N) is 1. The molecule has 0 saturated heterocycles. The summed E-state index contributed by atoms with van der Waals surface area (Å²) in [6.07, 6.45) is 3.40. The van der Waals surface area contributed by atoms with Crippen LogP contribution in [0.4, 0.5) is 10.9 Å². The van der Waals surface area contributed by atoms with Crippen molar-refractivity contribution >= 4 is 32.6 Å². The molecule has 25 heavy (non-hydrogen) atoms. The molecule has 4 aromatic rings. The van der Waals surface area contributed by atoms with Gasteiger partial charge in [-0.3, -0.25) is 0 Å². The van der Waals surface area contributed by atoms with E-state index in [-0.39, 0.29) is 0 Å². The molecule has 1 N–H and O–H groups in total. The largest absolute Gasteiger partial charge is 0.452 e. The van der Waals surface area contributed by atoms with Gasteiger partial charge in [0.15, 0.2) is 16.7 Å². The van der Waals surface area contributed by atoms with Crippen molar-refractivity contribution in [3.05, 3.63) is 66.5 Å². The van der Waals surface area contributed by atoms with Gasteiger partial charge in [0, 0.05) is 12.4 Å². The molecule has 0 amide bonds. The zero-order valence-electron chi connectivity index (χ0n) is 12.9. The number of ether oxygens (including phenoxy) is 1. The van der Waals surface area contributed by atoms with E-state index in [1.807, 2.05) is 18.2 Å². The Morgan fingerprint density at radius 2 is 1.76 bits per heavy atom. The molecule has 7 heteroatoms. The average molecular weight is 345 g/mol. The Balaban J connectivity index is 1.66. The third-order valence-corrected chi connectivity index (χ3v) is 4.28. The predicted octanol–water partition coefficient (Wildman–Crippen LogP) is 4.49. The van der Waals surface area contributed by atoms with E-state index in [0.717, 1.165) is 10.3 Å². The van der Waals surface area contributed by atoms with E-state index in [2.05, 4.69) is 26.3 Å². The van der Waals surface area contributed by atoms with Crippen molar-refractivity contribution in [3.8, 4) is 17.6 Å². The van der Waals surface area contributed by atoms with Gasteiger partial charge in [0.2, 0.25) is 0 Å². The lowest BCUT2D eigenvalue weighted by molar-refractivity contribution is 0.481. The number of thiazole rings is 1. The van der Waals surface area contributed by atoms with Crippen LogP contribution < -0.4 is 10.1 Å². The van der Waals surface area contributed by atoms with E-state index in [9.17, 15) is 5.26 Å². The number of aromatic nitrogens is 3. The van der Waals surface area contributed by atoms with Crippen LogP contribution in [0, 0.1) is 11.3 Å². The smallest absolute Gasteiger partial charge is 0.191 e. The highest BCUT2D eigenvalue weighted by Gasteiger charge is 2.11. The molecular formula is C18H11N5OS. The first-order chi connectivity index (χ1) is 12.3. The number of para-hydroxylation sites is 1. The molecule has 0 fully saturated rings. The van der Waals surface area contributed by atoms with Gasteiger partial charge in [0.25, 0.3) is 0 Å². The second kappa shape index (κ2) is 6.55. The quantitative estimate of drug-likeness (QED) is 0.586. The molecule has 6 nitrogen and oxygen atoms in total. The average Bonchev–Trinajstić information content (AvgIpc) is 3.06. The highest BCUT2D eigenvalue weighted by Crippen LogP contribution is 2.33. The van der Waals surface area contributed by atoms with E-state index in [1.165, 1.54) is 11.3 Å². The predicted molar refractivity (Wildman–Crippen MR) is 96.2 cm³/mol. The Labute approximate surface area is 147 Å². The van der Waals surface area contributed by atoms with Crippen LogP contribution in [-0.2, 0) is 0 Å². The van der Waals surface area contributed by atoms with Crippen LogP contribution in [0.25, 0.3) is 10.3 Å². The minimum absolute atomic E-state index is 0.460. The second-order valence-electron chi connectivity index (χ2n) is 5.03. The number of hydrogen-bond acceptors (Lipinski definition) is 7. The maximum Gasteiger partial charge on any atom is 0.191 e. The number of fused-ring (bicyclic) bond motifs is 1. The van der Waals surface area contributed by atoms with E-state index in [1.54, 1.807) is 42.7 Å². The summed E-state index contributed by atoms with van der Waals surface area (Å²) in [5.74, 6) is 1.51. The number of benzene rings is 1. The van der Waals surface area contributed by atoms with Crippen molar-refractivity contribution < 1.29 is 4.74 Å². The third kappa shape index (κ3) is 3.11. The fourth-order valence-electron chi connectivity index (χ4n) is 2.26. The van der Waals surface area contributed by atoms with Crippen molar-refractivity contribution in [3.63, 3.8) is 0 Å². The maximum atomic E-state index is 9.21. The Bertz CT molecular complexity index is 1050. The van der Waals surface area contributed by atoms with E-state index in [0.29, 0.717) is 28.0 Å². The van der Waals surface area contributed by atoms with Gasteiger partial charge in [-0.05, 0) is 36.4 Å². The first-order valence-electron chi connectivity index (χ1n) is 7.44. The summed E-state index contributed by atoms with van der Waals surface area (Å²) in [5.41, 5.74) is 1.28. The van der Waals surface area contributed by atoms with E-state index < -0.39 is 0 Å². The van der Waals surface area contributed by atoms with Crippen LogP contribution in [0.2, 0.25) is 0 Å². The monoisotopic (exact) mass is 345 g/mol. The molecule has 0 atom stereocenters. The lowest BCUT2D eigenvalue weighted by atomic mass is 10.2. The van der Waals surface area contributed by atoms with Crippen molar-refractivity contribution in [2.24, 2.45) is 0 Å². The summed E-state index contributed by atoms with van der Waals surface area (Å²) >= 11 is 1.43. The SMILES string of the molecule is N#Cc1ccccc1Oc1cccnc1Nc1nc2cccnc2s1. The van der Waals surface area contributed by atoms with Gasteiger partial charge in [0.05, 0.1) is 5.56 Å². The zero-order chi connectivity index (χ0) is 17.1. The van der Waals surface area contributed by atoms with Gasteiger partial charge in [-0.15, -0.1) is 0 Å². The molecule has 3 heterocycles. The first-order valence-corrected chi connectivity index (χ1v) is 8.26. The summed E-state index contributed by atoms with van der Waals surface area (Å²) in [4.78, 5) is 13.9. The van der Waals surface area contributed by atoms with Gasteiger partial charge >= 0.3 is 0 Å². The normalized spacial score (nSPS) is 10.4. The molecule has 0 spiro atoms. The molecule has 120 valence electrons. The Morgan fingerprint density at radius 1 is 0.960 bits per heavy atom. The number of nitrogens with zero attached hydrogens (tertiary/aromatic N) is 4. The Morgan fingerprint density at radius 3 is 2.64 bits per heavy atom. The van der Waals surface area contributed by atoms with Gasteiger partial charge in [-0.1, -0.05) is 23.5 Å². The summed E-state index contributed by atoms with van der Waals surface area (Å²) < 4.78 is 5.89. The molecule has 0 bridgehead atoms. The van der Waals surface area contributed by atoms with Crippen molar-refractivity contribution in [1.82, 2.24) is 15.0 Å². The van der Waals surface area contributed by atoms with Crippen molar-refractivity contribution in [2.45, 2.75) is 0 Å². The maximum absolute atomic E-state index is 9.21. The fourth-order valence-corrected chi connectivity index (χ4v) is 3.06. The van der Waals surface area contributed by atoms with Crippen LogP contribution >= 0.6 is 11.3 Å². The van der Waals surface area contributed by atoms with Gasteiger partial charge in [0.1, 0.15) is 22.2 Å². The number of nitriles is 1. The molecule has 0 aliphatic heterocycles. The Kier molecular flexibility index (Phi) is 3.94. The summed E-state index contributed by atoms with van der Waals surface area (Å²) in [5, 5.41) is 13.0. The van der Waals surface area contributed by atoms with Crippen LogP contribution in [0.5, 0.6) is 11.5 Å². The van der Waals surface area contributed by atoms with Gasteiger partial charge in [-0.2, -0.15) is 5.26 Å². The molecular weight excluding hydrogens is 334 g/mol. The molecule has 0 radical (unpaired) electrons. The number of hydrogen-bond donors (Lipinski definition) is 1. The molecule has 0 unspecified atom stereocenters. The second-order valence-corrected chi connectivity index (χ2v) is 6.01.